The van der Waals surface area contributed by atoms with Gasteiger partial charge in [0.15, 0.2) is 23.4 Å². The molecule has 0 amide bonds. The van der Waals surface area contributed by atoms with Crippen LogP contribution in [0, 0.1) is 11.8 Å². The Morgan fingerprint density at radius 1 is 1.29 bits per heavy atom. The van der Waals surface area contributed by atoms with Crippen LogP contribution in [0.3, 0.4) is 0 Å². The summed E-state index contributed by atoms with van der Waals surface area (Å²) in [6.07, 6.45) is 6.08. The molecule has 1 N–H and O–H groups in total. The fourth-order valence-corrected chi connectivity index (χ4v) is 6.27. The number of aromatic hydroxyl groups is 1. The third kappa shape index (κ3) is 1.52. The highest BCUT2D eigenvalue weighted by Gasteiger charge is 2.65. The summed E-state index contributed by atoms with van der Waals surface area (Å²) >= 11 is 0. The zero-order chi connectivity index (χ0) is 16.1. The van der Waals surface area contributed by atoms with E-state index >= 15 is 0 Å². The standard InChI is InChI=1S/C20H23NO3/c22-15-5-3-12-9-14-13-4-6-16(23)19-20(13,17(12)18(15)24-19)7-8-21(14)10-11-1-2-11/h3,5,11,13-14,19,22H,1-2,4,6-10H2/t13-,14?,19-,20?/m0/s1. The smallest absolute Gasteiger partial charge is 0.174 e. The van der Waals surface area contributed by atoms with Gasteiger partial charge in [-0.25, -0.2) is 0 Å². The topological polar surface area (TPSA) is 49.8 Å². The van der Waals surface area contributed by atoms with E-state index in [1.807, 2.05) is 0 Å². The van der Waals surface area contributed by atoms with Crippen LogP contribution in [-0.2, 0) is 16.6 Å². The number of carbonyl (C=O) groups is 1. The van der Waals surface area contributed by atoms with Gasteiger partial charge in [0, 0.05) is 30.0 Å². The van der Waals surface area contributed by atoms with Crippen molar-refractivity contribution in [2.45, 2.75) is 56.1 Å². The van der Waals surface area contributed by atoms with E-state index in [1.54, 1.807) is 6.07 Å². The Balaban J connectivity index is 1.53. The number of ether oxygens (including phenoxy) is 1. The van der Waals surface area contributed by atoms with Crippen molar-refractivity contribution < 1.29 is 14.6 Å². The zero-order valence-corrected chi connectivity index (χ0v) is 13.8. The quantitative estimate of drug-likeness (QED) is 0.907. The number of hydrogen-bond donors (Lipinski definition) is 1. The largest absolute Gasteiger partial charge is 0.504 e. The minimum Gasteiger partial charge on any atom is -0.504 e. The molecule has 0 aromatic heterocycles. The molecule has 3 aliphatic carbocycles. The van der Waals surface area contributed by atoms with Crippen molar-refractivity contribution in [1.82, 2.24) is 4.90 Å². The van der Waals surface area contributed by atoms with Gasteiger partial charge in [-0.1, -0.05) is 6.07 Å². The first-order valence-corrected chi connectivity index (χ1v) is 9.47. The van der Waals surface area contributed by atoms with E-state index in [-0.39, 0.29) is 23.1 Å². The van der Waals surface area contributed by atoms with Crippen molar-refractivity contribution in [3.8, 4) is 11.5 Å². The average Bonchev–Trinajstić information content (AvgIpc) is 3.32. The molecule has 4 heteroatoms. The van der Waals surface area contributed by atoms with Crippen LogP contribution in [0.25, 0.3) is 0 Å². The molecule has 0 radical (unpaired) electrons. The molecule has 4 nitrogen and oxygen atoms in total. The van der Waals surface area contributed by atoms with E-state index in [0.717, 1.165) is 31.7 Å². The Hall–Kier alpha value is -1.55. The lowest BCUT2D eigenvalue weighted by atomic mass is 9.51. The maximum atomic E-state index is 12.7. The molecule has 1 aromatic carbocycles. The lowest BCUT2D eigenvalue weighted by Crippen LogP contribution is -2.66. The van der Waals surface area contributed by atoms with Crippen LogP contribution in [0.4, 0.5) is 0 Å². The van der Waals surface area contributed by atoms with Crippen LogP contribution in [0.15, 0.2) is 12.1 Å². The molecule has 1 spiro atoms. The third-order valence-corrected chi connectivity index (χ3v) is 7.41. The number of phenols is 1. The molecule has 3 fully saturated rings. The number of benzene rings is 1. The Morgan fingerprint density at radius 2 is 2.17 bits per heavy atom. The molecule has 1 saturated heterocycles. The summed E-state index contributed by atoms with van der Waals surface area (Å²) in [5.74, 6) is 2.47. The lowest BCUT2D eigenvalue weighted by molar-refractivity contribution is -0.138. The predicted molar refractivity (Wildman–Crippen MR) is 88.3 cm³/mol. The Kier molecular flexibility index (Phi) is 2.48. The summed E-state index contributed by atoms with van der Waals surface area (Å²) in [6, 6.07) is 4.37. The van der Waals surface area contributed by atoms with Gasteiger partial charge in [0.25, 0.3) is 0 Å². The van der Waals surface area contributed by atoms with Crippen LogP contribution in [0.5, 0.6) is 11.5 Å². The van der Waals surface area contributed by atoms with Gasteiger partial charge in [-0.2, -0.15) is 0 Å². The summed E-state index contributed by atoms with van der Waals surface area (Å²) in [7, 11) is 0. The number of carbonyl (C=O) groups excluding carboxylic acids is 1. The monoisotopic (exact) mass is 325 g/mol. The summed E-state index contributed by atoms with van der Waals surface area (Å²) < 4.78 is 6.13. The first kappa shape index (κ1) is 13.7. The van der Waals surface area contributed by atoms with E-state index in [2.05, 4.69) is 11.0 Å². The van der Waals surface area contributed by atoms with Gasteiger partial charge in [0.2, 0.25) is 0 Å². The second-order valence-electron chi connectivity index (χ2n) is 8.56. The van der Waals surface area contributed by atoms with Gasteiger partial charge in [0.1, 0.15) is 0 Å². The highest BCUT2D eigenvalue weighted by atomic mass is 16.5. The number of rotatable bonds is 2. The fourth-order valence-electron chi connectivity index (χ4n) is 6.27. The van der Waals surface area contributed by atoms with Crippen LogP contribution >= 0.6 is 0 Å². The normalized spacial score (nSPS) is 39.5. The number of hydrogen-bond acceptors (Lipinski definition) is 4. The van der Waals surface area contributed by atoms with Gasteiger partial charge in [0.05, 0.1) is 0 Å². The van der Waals surface area contributed by atoms with Crippen molar-refractivity contribution in [2.75, 3.05) is 13.1 Å². The van der Waals surface area contributed by atoms with Gasteiger partial charge in [-0.15, -0.1) is 0 Å². The minimum absolute atomic E-state index is 0.165. The maximum absolute atomic E-state index is 12.7. The lowest BCUT2D eigenvalue weighted by Gasteiger charge is -2.57. The fraction of sp³-hybridized carbons (Fsp3) is 0.650. The van der Waals surface area contributed by atoms with Gasteiger partial charge in [-0.05, 0) is 62.1 Å². The van der Waals surface area contributed by atoms with E-state index in [0.29, 0.717) is 24.1 Å². The number of phenolic OH excluding ortho intramolecular Hbond substituents is 1. The molecule has 126 valence electrons. The SMILES string of the molecule is O=C1CC[C@H]2C3Cc4ccc(O)c5c4C2(CCN3CC2CC2)[C@H]1O5. The van der Waals surface area contributed by atoms with Crippen LogP contribution in [0.2, 0.25) is 0 Å². The highest BCUT2D eigenvalue weighted by Crippen LogP contribution is 2.63. The molecule has 2 aliphatic heterocycles. The summed E-state index contributed by atoms with van der Waals surface area (Å²) in [4.78, 5) is 15.4. The second kappa shape index (κ2) is 4.34. The first-order valence-electron chi connectivity index (χ1n) is 9.47. The van der Waals surface area contributed by atoms with E-state index in [9.17, 15) is 9.90 Å². The predicted octanol–water partition coefficient (Wildman–Crippen LogP) is 2.41. The molecule has 2 unspecified atom stereocenters. The zero-order valence-electron chi connectivity index (χ0n) is 13.8. The van der Waals surface area contributed by atoms with Gasteiger partial charge >= 0.3 is 0 Å². The molecule has 6 rings (SSSR count). The maximum Gasteiger partial charge on any atom is 0.174 e. The molecule has 2 bridgehead atoms. The molecule has 2 heterocycles. The number of nitrogens with zero attached hydrogens (tertiary/aromatic N) is 1. The van der Waals surface area contributed by atoms with Crippen molar-refractivity contribution in [1.29, 1.82) is 0 Å². The number of piperidine rings is 1. The van der Waals surface area contributed by atoms with Crippen LogP contribution < -0.4 is 4.74 Å². The van der Waals surface area contributed by atoms with Crippen molar-refractivity contribution in [2.24, 2.45) is 11.8 Å². The van der Waals surface area contributed by atoms with Crippen molar-refractivity contribution in [3.63, 3.8) is 0 Å². The molecule has 2 saturated carbocycles. The second-order valence-corrected chi connectivity index (χ2v) is 8.56. The van der Waals surface area contributed by atoms with Crippen LogP contribution in [-0.4, -0.2) is 41.0 Å². The summed E-state index contributed by atoms with van der Waals surface area (Å²) in [5.41, 5.74) is 2.33. The molecule has 24 heavy (non-hydrogen) atoms. The van der Waals surface area contributed by atoms with E-state index in [4.69, 9.17) is 4.74 Å². The summed E-state index contributed by atoms with van der Waals surface area (Å²) in [5, 5.41) is 10.3. The van der Waals surface area contributed by atoms with Crippen molar-refractivity contribution >= 4 is 5.78 Å². The van der Waals surface area contributed by atoms with Gasteiger partial charge < -0.3 is 9.84 Å². The number of likely N-dealkylation sites (tertiary alicyclic amines) is 1. The van der Waals surface area contributed by atoms with E-state index in [1.165, 1.54) is 30.5 Å². The van der Waals surface area contributed by atoms with Crippen molar-refractivity contribution in [3.05, 3.63) is 23.3 Å². The average molecular weight is 325 g/mol. The Labute approximate surface area is 141 Å². The molecule has 1 aromatic rings. The number of Topliss-reactive ketones (excluding diaryl/α,β-unsaturated/α-hetero) is 1. The molecule has 4 atom stereocenters. The van der Waals surface area contributed by atoms with Gasteiger partial charge in [-0.3, -0.25) is 9.69 Å². The third-order valence-electron chi connectivity index (χ3n) is 7.41. The molecular formula is C20H23NO3. The highest BCUT2D eigenvalue weighted by molar-refractivity contribution is 5.89. The van der Waals surface area contributed by atoms with E-state index < -0.39 is 0 Å². The summed E-state index contributed by atoms with van der Waals surface area (Å²) in [6.45, 7) is 2.30. The Morgan fingerprint density at radius 3 is 3.00 bits per heavy atom. The molecule has 5 aliphatic rings. The molecular weight excluding hydrogens is 302 g/mol. The Bertz CT molecular complexity index is 755. The minimum atomic E-state index is -0.357. The van der Waals surface area contributed by atoms with Crippen LogP contribution in [0.1, 0.15) is 43.2 Å². The number of ketones is 1. The first-order chi connectivity index (χ1) is 11.7.